The van der Waals surface area contributed by atoms with Gasteiger partial charge in [0.25, 0.3) is 0 Å². The van der Waals surface area contributed by atoms with Crippen molar-refractivity contribution < 1.29 is 19.4 Å². The summed E-state index contributed by atoms with van der Waals surface area (Å²) in [6.45, 7) is 4.51. The van der Waals surface area contributed by atoms with E-state index < -0.39 is 5.97 Å². The minimum absolute atomic E-state index is 0.227. The molecule has 176 valence electrons. The second-order valence-electron chi connectivity index (χ2n) is 8.65. The number of hydrogen-bond donors (Lipinski definition) is 1. The molecular formula is C27H29N3O4. The SMILES string of the molecule is O=C(O)c1cccnc1N1CCN(CCC=C2CC=CC3=COCOC4=CC=CCC4=C32)CC1. The molecule has 7 heteroatoms. The zero-order chi connectivity index (χ0) is 23.3. The van der Waals surface area contributed by atoms with Crippen molar-refractivity contribution in [3.8, 4) is 0 Å². The van der Waals surface area contributed by atoms with E-state index in [-0.39, 0.29) is 12.4 Å². The molecule has 34 heavy (non-hydrogen) atoms. The summed E-state index contributed by atoms with van der Waals surface area (Å²) >= 11 is 0. The molecule has 1 fully saturated rings. The lowest BCUT2D eigenvalue weighted by Gasteiger charge is -2.35. The Hall–Kier alpha value is -3.58. The minimum atomic E-state index is -0.932. The average molecular weight is 460 g/mol. The van der Waals surface area contributed by atoms with E-state index in [2.05, 4.69) is 39.1 Å². The Morgan fingerprint density at radius 3 is 2.91 bits per heavy atom. The van der Waals surface area contributed by atoms with Gasteiger partial charge in [-0.05, 0) is 48.6 Å². The lowest BCUT2D eigenvalue weighted by molar-refractivity contribution is 0.0298. The Bertz CT molecular complexity index is 1130. The number of pyridine rings is 1. The predicted molar refractivity (Wildman–Crippen MR) is 130 cm³/mol. The van der Waals surface area contributed by atoms with Crippen molar-refractivity contribution >= 4 is 11.8 Å². The van der Waals surface area contributed by atoms with Gasteiger partial charge >= 0.3 is 5.97 Å². The maximum absolute atomic E-state index is 11.5. The Labute approximate surface area is 199 Å². The molecule has 0 bridgehead atoms. The molecule has 7 nitrogen and oxygen atoms in total. The Morgan fingerprint density at radius 2 is 2.06 bits per heavy atom. The molecule has 4 aliphatic rings. The molecular weight excluding hydrogens is 430 g/mol. The summed E-state index contributed by atoms with van der Waals surface area (Å²) in [5.74, 6) is 0.534. The largest absolute Gasteiger partial charge is 0.478 e. The van der Waals surface area contributed by atoms with Crippen LogP contribution in [-0.4, -0.2) is 60.5 Å². The molecule has 2 aliphatic carbocycles. The van der Waals surface area contributed by atoms with Crippen LogP contribution < -0.4 is 4.90 Å². The van der Waals surface area contributed by atoms with Crippen LogP contribution in [0.3, 0.4) is 0 Å². The second-order valence-corrected chi connectivity index (χ2v) is 8.65. The van der Waals surface area contributed by atoms with Crippen molar-refractivity contribution in [3.63, 3.8) is 0 Å². The smallest absolute Gasteiger partial charge is 0.339 e. The number of aromatic nitrogens is 1. The van der Waals surface area contributed by atoms with Gasteiger partial charge in [0, 0.05) is 50.1 Å². The molecule has 0 aromatic carbocycles. The highest BCUT2D eigenvalue weighted by Crippen LogP contribution is 2.38. The standard InChI is InChI=1S/C27H29N3O4/c31-27(32)23-10-4-12-28-26(23)30-16-14-29(15-17-30)13-5-8-20-6-3-7-21-18-33-19-34-24-11-2-1-9-22(24)25(20)21/h1-4,7-8,10-12,18H,5-6,9,13-17,19H2,(H,31,32). The van der Waals surface area contributed by atoms with Gasteiger partial charge in [-0.25, -0.2) is 9.78 Å². The summed E-state index contributed by atoms with van der Waals surface area (Å²) in [5, 5.41) is 9.46. The topological polar surface area (TPSA) is 75.1 Å². The van der Waals surface area contributed by atoms with Crippen LogP contribution in [0.5, 0.6) is 0 Å². The van der Waals surface area contributed by atoms with Gasteiger partial charge in [-0.3, -0.25) is 4.90 Å². The monoisotopic (exact) mass is 459 g/mol. The minimum Gasteiger partial charge on any atom is -0.478 e. The number of ether oxygens (including phenoxy) is 2. The number of hydrogen-bond acceptors (Lipinski definition) is 6. The Balaban J connectivity index is 1.24. The number of carboxylic acids is 1. The first-order valence-electron chi connectivity index (χ1n) is 11.8. The average Bonchev–Trinajstić information content (AvgIpc) is 2.86. The maximum Gasteiger partial charge on any atom is 0.339 e. The van der Waals surface area contributed by atoms with Crippen molar-refractivity contribution in [1.82, 2.24) is 9.88 Å². The van der Waals surface area contributed by atoms with Crippen LogP contribution >= 0.6 is 0 Å². The molecule has 0 atom stereocenters. The predicted octanol–water partition coefficient (Wildman–Crippen LogP) is 4.21. The summed E-state index contributed by atoms with van der Waals surface area (Å²) in [6, 6.07) is 3.29. The van der Waals surface area contributed by atoms with Crippen LogP contribution in [0.2, 0.25) is 0 Å². The highest BCUT2D eigenvalue weighted by atomic mass is 16.7. The fraction of sp³-hybridized carbons (Fsp3) is 0.333. The number of carbonyl (C=O) groups is 1. The van der Waals surface area contributed by atoms with E-state index in [4.69, 9.17) is 9.47 Å². The highest BCUT2D eigenvalue weighted by molar-refractivity contribution is 5.93. The number of fused-ring (bicyclic) bond motifs is 2. The first kappa shape index (κ1) is 22.2. The first-order chi connectivity index (χ1) is 16.7. The Kier molecular flexibility index (Phi) is 6.62. The molecule has 0 unspecified atom stereocenters. The number of anilines is 1. The van der Waals surface area contributed by atoms with E-state index in [9.17, 15) is 9.90 Å². The molecule has 0 radical (unpaired) electrons. The summed E-state index contributed by atoms with van der Waals surface area (Å²) in [7, 11) is 0. The van der Waals surface area contributed by atoms with Gasteiger partial charge < -0.3 is 19.5 Å². The van der Waals surface area contributed by atoms with Gasteiger partial charge in [-0.15, -0.1) is 0 Å². The number of aromatic carboxylic acids is 1. The van der Waals surface area contributed by atoms with E-state index in [1.165, 1.54) is 16.7 Å². The van der Waals surface area contributed by atoms with Gasteiger partial charge in [-0.1, -0.05) is 30.4 Å². The first-order valence-corrected chi connectivity index (χ1v) is 11.8. The number of rotatable bonds is 5. The molecule has 0 spiro atoms. The quantitative estimate of drug-likeness (QED) is 0.707. The third-order valence-electron chi connectivity index (χ3n) is 6.57. The van der Waals surface area contributed by atoms with Crippen molar-refractivity contribution in [1.29, 1.82) is 0 Å². The molecule has 1 N–H and O–H groups in total. The number of piperazine rings is 1. The van der Waals surface area contributed by atoms with Crippen molar-refractivity contribution in [3.05, 3.63) is 94.7 Å². The molecule has 0 saturated carbocycles. The number of nitrogens with zero attached hydrogens (tertiary/aromatic N) is 3. The van der Waals surface area contributed by atoms with Crippen molar-refractivity contribution in [2.45, 2.75) is 19.3 Å². The summed E-state index contributed by atoms with van der Waals surface area (Å²) in [5.41, 5.74) is 5.15. The maximum atomic E-state index is 11.5. The van der Waals surface area contributed by atoms with Crippen molar-refractivity contribution in [2.75, 3.05) is 44.4 Å². The summed E-state index contributed by atoms with van der Waals surface area (Å²) < 4.78 is 11.4. The number of carboxylic acid groups (broad SMARTS) is 1. The third-order valence-corrected chi connectivity index (χ3v) is 6.57. The van der Waals surface area contributed by atoms with E-state index in [1.54, 1.807) is 18.3 Å². The van der Waals surface area contributed by atoms with Crippen LogP contribution in [0.1, 0.15) is 29.6 Å². The van der Waals surface area contributed by atoms with Crippen LogP contribution in [0.25, 0.3) is 0 Å². The van der Waals surface area contributed by atoms with Crippen molar-refractivity contribution in [2.24, 2.45) is 0 Å². The van der Waals surface area contributed by atoms with E-state index in [0.29, 0.717) is 5.82 Å². The van der Waals surface area contributed by atoms with Gasteiger partial charge in [-0.2, -0.15) is 0 Å². The van der Waals surface area contributed by atoms with Crippen LogP contribution in [0.15, 0.2) is 89.1 Å². The summed E-state index contributed by atoms with van der Waals surface area (Å²) in [4.78, 5) is 20.4. The molecule has 1 aromatic heterocycles. The zero-order valence-corrected chi connectivity index (χ0v) is 19.2. The fourth-order valence-corrected chi connectivity index (χ4v) is 4.88. The highest BCUT2D eigenvalue weighted by Gasteiger charge is 2.24. The lowest BCUT2D eigenvalue weighted by atomic mass is 9.84. The van der Waals surface area contributed by atoms with Crippen LogP contribution in [0.4, 0.5) is 5.82 Å². The third kappa shape index (κ3) is 4.70. The molecule has 0 amide bonds. The molecule has 5 rings (SSSR count). The van der Waals surface area contributed by atoms with Crippen LogP contribution in [0, 0.1) is 0 Å². The van der Waals surface area contributed by atoms with E-state index in [1.807, 2.05) is 18.4 Å². The van der Waals surface area contributed by atoms with E-state index in [0.717, 1.165) is 63.3 Å². The fourth-order valence-electron chi connectivity index (χ4n) is 4.88. The zero-order valence-electron chi connectivity index (χ0n) is 19.2. The van der Waals surface area contributed by atoms with Gasteiger partial charge in [0.15, 0.2) is 0 Å². The second kappa shape index (κ2) is 10.1. The van der Waals surface area contributed by atoms with Gasteiger partial charge in [0.2, 0.25) is 6.79 Å². The number of allylic oxidation sites excluding steroid dienone is 9. The molecule has 2 aliphatic heterocycles. The lowest BCUT2D eigenvalue weighted by Crippen LogP contribution is -2.47. The van der Waals surface area contributed by atoms with Gasteiger partial charge in [0.1, 0.15) is 17.1 Å². The normalized spacial score (nSPS) is 21.5. The van der Waals surface area contributed by atoms with Gasteiger partial charge in [0.05, 0.1) is 6.26 Å². The molecule has 1 saturated heterocycles. The van der Waals surface area contributed by atoms with E-state index >= 15 is 0 Å². The Morgan fingerprint density at radius 1 is 1.18 bits per heavy atom. The molecule has 1 aromatic rings. The molecule has 3 heterocycles. The van der Waals surface area contributed by atoms with Crippen LogP contribution in [-0.2, 0) is 9.47 Å². The summed E-state index contributed by atoms with van der Waals surface area (Å²) in [6.07, 6.45) is 19.1.